The summed E-state index contributed by atoms with van der Waals surface area (Å²) in [6.07, 6.45) is 4.10. The summed E-state index contributed by atoms with van der Waals surface area (Å²) in [6, 6.07) is 6.14. The predicted molar refractivity (Wildman–Crippen MR) is 101 cm³/mol. The molecule has 3 heterocycles. The van der Waals surface area contributed by atoms with Gasteiger partial charge in [-0.2, -0.15) is 5.10 Å². The van der Waals surface area contributed by atoms with Gasteiger partial charge in [-0.3, -0.25) is 9.58 Å². The van der Waals surface area contributed by atoms with E-state index in [0.29, 0.717) is 0 Å². The van der Waals surface area contributed by atoms with Crippen molar-refractivity contribution < 1.29 is 8.42 Å². The van der Waals surface area contributed by atoms with Crippen molar-refractivity contribution in [2.45, 2.75) is 32.6 Å². The molecular weight excluding hydrogens is 352 g/mol. The summed E-state index contributed by atoms with van der Waals surface area (Å²) in [4.78, 5) is 8.84. The Balaban J connectivity index is 1.66. The Morgan fingerprint density at radius 2 is 2.08 bits per heavy atom. The molecule has 8 nitrogen and oxygen atoms in total. The smallest absolute Gasteiger partial charge is 0.209 e. The second kappa shape index (κ2) is 7.73. The summed E-state index contributed by atoms with van der Waals surface area (Å²) >= 11 is 0. The zero-order valence-corrected chi connectivity index (χ0v) is 16.3. The van der Waals surface area contributed by atoms with Crippen LogP contribution in [0.25, 0.3) is 0 Å². The highest BCUT2D eigenvalue weighted by atomic mass is 32.2. The van der Waals surface area contributed by atoms with Crippen molar-refractivity contribution >= 4 is 15.8 Å². The number of nitrogens with zero attached hydrogens (tertiary/aromatic N) is 5. The van der Waals surface area contributed by atoms with E-state index in [4.69, 9.17) is 0 Å². The monoisotopic (exact) mass is 378 g/mol. The molecule has 26 heavy (non-hydrogen) atoms. The lowest BCUT2D eigenvalue weighted by atomic mass is 10.2. The second-order valence-electron chi connectivity index (χ2n) is 6.93. The molecule has 142 valence electrons. The molecule has 3 rings (SSSR count). The number of sulfonamides is 1. The van der Waals surface area contributed by atoms with Crippen molar-refractivity contribution in [3.8, 4) is 0 Å². The van der Waals surface area contributed by atoms with E-state index in [1.54, 1.807) is 0 Å². The lowest BCUT2D eigenvalue weighted by Crippen LogP contribution is -2.23. The third-order valence-electron chi connectivity index (χ3n) is 4.33. The van der Waals surface area contributed by atoms with Crippen molar-refractivity contribution in [1.82, 2.24) is 24.4 Å². The maximum Gasteiger partial charge on any atom is 0.209 e. The fourth-order valence-corrected chi connectivity index (χ4v) is 3.46. The zero-order valence-electron chi connectivity index (χ0n) is 15.5. The van der Waals surface area contributed by atoms with Crippen LogP contribution in [0.4, 0.5) is 5.82 Å². The van der Waals surface area contributed by atoms with E-state index in [2.05, 4.69) is 25.8 Å². The van der Waals surface area contributed by atoms with Gasteiger partial charge in [0.2, 0.25) is 10.0 Å². The minimum absolute atomic E-state index is 0.231. The molecule has 0 aromatic carbocycles. The van der Waals surface area contributed by atoms with Crippen LogP contribution in [-0.4, -0.2) is 55.0 Å². The molecule has 2 aromatic rings. The van der Waals surface area contributed by atoms with Crippen LogP contribution in [0.1, 0.15) is 23.4 Å². The molecule has 0 unspecified atom stereocenters. The molecule has 0 spiro atoms. The third-order valence-corrected chi connectivity index (χ3v) is 5.00. The van der Waals surface area contributed by atoms with Gasteiger partial charge in [0.15, 0.2) is 0 Å². The Morgan fingerprint density at radius 3 is 2.73 bits per heavy atom. The quantitative estimate of drug-likeness (QED) is 0.801. The Morgan fingerprint density at radius 1 is 1.27 bits per heavy atom. The molecule has 0 atom stereocenters. The number of hydrogen-bond donors (Lipinski definition) is 1. The summed E-state index contributed by atoms with van der Waals surface area (Å²) in [5.74, 6) is 0.950. The highest BCUT2D eigenvalue weighted by Crippen LogP contribution is 2.17. The molecular formula is C17H26N6O2S. The van der Waals surface area contributed by atoms with Crippen LogP contribution in [0.5, 0.6) is 0 Å². The predicted octanol–water partition coefficient (Wildman–Crippen LogP) is 0.799. The van der Waals surface area contributed by atoms with Crippen LogP contribution in [0.15, 0.2) is 24.4 Å². The first-order valence-electron chi connectivity index (χ1n) is 8.65. The first-order valence-corrected chi connectivity index (χ1v) is 10.5. The molecule has 2 aromatic heterocycles. The van der Waals surface area contributed by atoms with Crippen LogP contribution < -0.4 is 9.62 Å². The van der Waals surface area contributed by atoms with E-state index in [0.717, 1.165) is 56.1 Å². The fraction of sp³-hybridized carbons (Fsp3) is 0.529. The largest absolute Gasteiger partial charge is 0.363 e. The summed E-state index contributed by atoms with van der Waals surface area (Å²) in [5.41, 5.74) is 3.05. The van der Waals surface area contributed by atoms with Gasteiger partial charge < -0.3 is 4.90 Å². The molecule has 0 radical (unpaired) electrons. The van der Waals surface area contributed by atoms with Gasteiger partial charge >= 0.3 is 0 Å². The third kappa shape index (κ3) is 5.03. The Hall–Kier alpha value is -1.97. The molecule has 1 aliphatic heterocycles. The van der Waals surface area contributed by atoms with Crippen LogP contribution in [-0.2, 0) is 36.2 Å². The van der Waals surface area contributed by atoms with Crippen molar-refractivity contribution in [3.05, 3.63) is 41.3 Å². The summed E-state index contributed by atoms with van der Waals surface area (Å²) in [5, 5.41) is 4.53. The number of fused-ring (bicyclic) bond motifs is 1. The number of aromatic nitrogens is 3. The van der Waals surface area contributed by atoms with E-state index in [1.165, 1.54) is 5.56 Å². The van der Waals surface area contributed by atoms with E-state index >= 15 is 0 Å². The summed E-state index contributed by atoms with van der Waals surface area (Å²) in [6.45, 7) is 3.71. The van der Waals surface area contributed by atoms with Gasteiger partial charge in [-0.15, -0.1) is 0 Å². The van der Waals surface area contributed by atoms with Crippen LogP contribution in [0.3, 0.4) is 0 Å². The van der Waals surface area contributed by atoms with E-state index in [-0.39, 0.29) is 6.54 Å². The highest BCUT2D eigenvalue weighted by Gasteiger charge is 2.17. The topological polar surface area (TPSA) is 83.4 Å². The van der Waals surface area contributed by atoms with E-state index in [1.807, 2.05) is 42.0 Å². The standard InChI is InChI=1S/C17H26N6O2S/c1-21(2)17-6-5-14(10-18-17)12-22-7-4-8-23-16(13-22)9-15(20-23)11-19-26(3,24)25/h5-6,9-10,19H,4,7-8,11-13H2,1-3H3. The van der Waals surface area contributed by atoms with E-state index < -0.39 is 10.0 Å². The number of nitrogens with one attached hydrogen (secondary N) is 1. The van der Waals surface area contributed by atoms with Crippen LogP contribution in [0, 0.1) is 0 Å². The van der Waals surface area contributed by atoms with Crippen LogP contribution in [0.2, 0.25) is 0 Å². The van der Waals surface area contributed by atoms with Gasteiger partial charge in [0.1, 0.15) is 5.82 Å². The normalized spacial score (nSPS) is 15.5. The lowest BCUT2D eigenvalue weighted by molar-refractivity contribution is 0.260. The summed E-state index contributed by atoms with van der Waals surface area (Å²) in [7, 11) is 0.748. The Bertz CT molecular complexity index is 845. The maximum absolute atomic E-state index is 11.3. The van der Waals surface area contributed by atoms with Gasteiger partial charge in [-0.05, 0) is 24.1 Å². The van der Waals surface area contributed by atoms with Crippen molar-refractivity contribution in [2.75, 3.05) is 31.8 Å². The number of hydrogen-bond acceptors (Lipinski definition) is 6. The fourth-order valence-electron chi connectivity index (χ4n) is 3.05. The Kier molecular flexibility index (Phi) is 5.59. The molecule has 0 saturated carbocycles. The number of pyridine rings is 1. The van der Waals surface area contributed by atoms with E-state index in [9.17, 15) is 8.42 Å². The minimum Gasteiger partial charge on any atom is -0.363 e. The van der Waals surface area contributed by atoms with Crippen molar-refractivity contribution in [1.29, 1.82) is 0 Å². The maximum atomic E-state index is 11.3. The van der Waals surface area contributed by atoms with Crippen molar-refractivity contribution in [3.63, 3.8) is 0 Å². The highest BCUT2D eigenvalue weighted by molar-refractivity contribution is 7.88. The molecule has 0 saturated heterocycles. The zero-order chi connectivity index (χ0) is 18.7. The molecule has 1 N–H and O–H groups in total. The first kappa shape index (κ1) is 18.8. The molecule has 0 aliphatic carbocycles. The minimum atomic E-state index is -3.21. The number of rotatable bonds is 6. The molecule has 1 aliphatic rings. The van der Waals surface area contributed by atoms with Crippen molar-refractivity contribution in [2.24, 2.45) is 0 Å². The SMILES string of the molecule is CN(C)c1ccc(CN2CCCn3nc(CNS(C)(=O)=O)cc3C2)cn1. The first-order chi connectivity index (χ1) is 12.3. The van der Waals surface area contributed by atoms with Gasteiger partial charge in [-0.1, -0.05) is 6.07 Å². The Labute approximate surface area is 154 Å². The molecule has 0 bridgehead atoms. The number of aryl methyl sites for hydroxylation is 1. The van der Waals surface area contributed by atoms with Gasteiger partial charge in [0, 0.05) is 46.5 Å². The number of anilines is 1. The molecule has 0 amide bonds. The second-order valence-corrected chi connectivity index (χ2v) is 8.76. The average Bonchev–Trinajstić information content (AvgIpc) is 2.85. The average molecular weight is 379 g/mol. The van der Waals surface area contributed by atoms with Gasteiger partial charge in [0.25, 0.3) is 0 Å². The molecule has 9 heteroatoms. The summed E-state index contributed by atoms with van der Waals surface area (Å²) < 4.78 is 27.0. The molecule has 0 fully saturated rings. The lowest BCUT2D eigenvalue weighted by Gasteiger charge is -2.20. The van der Waals surface area contributed by atoms with Gasteiger partial charge in [0.05, 0.1) is 24.2 Å². The van der Waals surface area contributed by atoms with Crippen LogP contribution >= 0.6 is 0 Å². The van der Waals surface area contributed by atoms with Gasteiger partial charge in [-0.25, -0.2) is 18.1 Å².